The van der Waals surface area contributed by atoms with Crippen molar-refractivity contribution in [1.29, 1.82) is 0 Å². The Balaban J connectivity index is 2.76. The number of carbonyl (C=O) groups is 3. The predicted octanol–water partition coefficient (Wildman–Crippen LogP) is 0.721. The number of ether oxygens (including phenoxy) is 1. The van der Waals surface area contributed by atoms with Gasteiger partial charge in [0.05, 0.1) is 0 Å². The molecule has 0 atom stereocenters. The van der Waals surface area contributed by atoms with Crippen LogP contribution in [0.15, 0.2) is 22.7 Å². The predicted molar refractivity (Wildman–Crippen MR) is 64.3 cm³/mol. The summed E-state index contributed by atoms with van der Waals surface area (Å²) in [4.78, 5) is 32.4. The molecule has 0 saturated heterocycles. The molecular weight excluding hydrogens is 308 g/mol. The average molecular weight is 317 g/mol. The van der Waals surface area contributed by atoms with Gasteiger partial charge in [0.15, 0.2) is 6.61 Å². The zero-order chi connectivity index (χ0) is 13.7. The minimum atomic E-state index is -1.19. The number of hydrogen-bond donors (Lipinski definition) is 3. The van der Waals surface area contributed by atoms with Crippen molar-refractivity contribution in [1.82, 2.24) is 5.32 Å². The molecule has 0 bridgehead atoms. The molecule has 8 heteroatoms. The number of rotatable bonds is 4. The highest BCUT2D eigenvalue weighted by molar-refractivity contribution is 9.10. The van der Waals surface area contributed by atoms with Crippen LogP contribution in [0.1, 0.15) is 10.4 Å². The van der Waals surface area contributed by atoms with E-state index in [1.807, 2.05) is 0 Å². The third-order valence-electron chi connectivity index (χ3n) is 1.79. The Bertz CT molecular complexity index is 503. The van der Waals surface area contributed by atoms with Gasteiger partial charge < -0.3 is 15.6 Å². The second-order valence-electron chi connectivity index (χ2n) is 3.15. The second kappa shape index (κ2) is 6.01. The molecule has 0 heterocycles. The third kappa shape index (κ3) is 4.06. The number of nitrogens with two attached hydrogens (primary N) is 1. The maximum absolute atomic E-state index is 11.1. The van der Waals surface area contributed by atoms with Gasteiger partial charge >= 0.3 is 12.0 Å². The summed E-state index contributed by atoms with van der Waals surface area (Å²) < 4.78 is 5.56. The van der Waals surface area contributed by atoms with Gasteiger partial charge in [-0.05, 0) is 18.2 Å². The lowest BCUT2D eigenvalue weighted by Crippen LogP contribution is -2.38. The fourth-order valence-corrected chi connectivity index (χ4v) is 1.47. The first-order chi connectivity index (χ1) is 8.40. The van der Waals surface area contributed by atoms with E-state index >= 15 is 0 Å². The molecule has 3 amide bonds. The summed E-state index contributed by atoms with van der Waals surface area (Å²) in [6, 6.07) is 3.29. The monoisotopic (exact) mass is 316 g/mol. The van der Waals surface area contributed by atoms with E-state index in [0.717, 1.165) is 0 Å². The van der Waals surface area contributed by atoms with Crippen LogP contribution in [0, 0.1) is 0 Å². The molecule has 0 spiro atoms. The van der Waals surface area contributed by atoms with E-state index in [4.69, 9.17) is 15.6 Å². The number of carbonyl (C=O) groups excluding carboxylic acids is 2. The van der Waals surface area contributed by atoms with Gasteiger partial charge in [-0.15, -0.1) is 0 Å². The molecule has 1 aromatic carbocycles. The van der Waals surface area contributed by atoms with Gasteiger partial charge in [-0.25, -0.2) is 9.59 Å². The highest BCUT2D eigenvalue weighted by atomic mass is 79.9. The van der Waals surface area contributed by atoms with Gasteiger partial charge in [-0.1, -0.05) is 15.9 Å². The summed E-state index contributed by atoms with van der Waals surface area (Å²) >= 11 is 3.12. The molecule has 1 rings (SSSR count). The van der Waals surface area contributed by atoms with Crippen LogP contribution in [0.2, 0.25) is 0 Å². The van der Waals surface area contributed by atoms with Gasteiger partial charge in [0.2, 0.25) is 0 Å². The van der Waals surface area contributed by atoms with Crippen molar-refractivity contribution in [2.75, 3.05) is 6.61 Å². The molecule has 0 saturated carbocycles. The SMILES string of the molecule is NC(=O)NC(=O)COc1ccc(Br)cc1C(=O)O. The number of imide groups is 1. The van der Waals surface area contributed by atoms with E-state index in [2.05, 4.69) is 15.9 Å². The van der Waals surface area contributed by atoms with Gasteiger partial charge in [0, 0.05) is 4.47 Å². The summed E-state index contributed by atoms with van der Waals surface area (Å²) in [5.41, 5.74) is 4.63. The standard InChI is InChI=1S/C10H9BrN2O5/c11-5-1-2-7(6(3-5)9(15)16)18-4-8(14)13-10(12)17/h1-3H,4H2,(H,15,16)(H3,12,13,14,17). The largest absolute Gasteiger partial charge is 0.483 e. The molecule has 0 aliphatic heterocycles. The molecule has 7 nitrogen and oxygen atoms in total. The number of benzene rings is 1. The Labute approximate surface area is 110 Å². The minimum Gasteiger partial charge on any atom is -0.483 e. The number of nitrogens with one attached hydrogen (secondary N) is 1. The maximum atomic E-state index is 11.1. The molecule has 0 radical (unpaired) electrons. The molecule has 4 N–H and O–H groups in total. The van der Waals surface area contributed by atoms with Crippen LogP contribution < -0.4 is 15.8 Å². The first-order valence-corrected chi connectivity index (χ1v) is 5.44. The van der Waals surface area contributed by atoms with Crippen molar-refractivity contribution in [2.24, 2.45) is 5.73 Å². The molecule has 1 aromatic rings. The van der Waals surface area contributed by atoms with Crippen LogP contribution >= 0.6 is 15.9 Å². The number of primary amides is 1. The molecule has 0 fully saturated rings. The van der Waals surface area contributed by atoms with E-state index in [-0.39, 0.29) is 11.3 Å². The fraction of sp³-hybridized carbons (Fsp3) is 0.100. The zero-order valence-electron chi connectivity index (χ0n) is 8.97. The summed E-state index contributed by atoms with van der Waals surface area (Å²) in [6.07, 6.45) is 0. The molecule has 0 aromatic heterocycles. The highest BCUT2D eigenvalue weighted by Gasteiger charge is 2.13. The van der Waals surface area contributed by atoms with E-state index in [0.29, 0.717) is 4.47 Å². The lowest BCUT2D eigenvalue weighted by molar-refractivity contribution is -0.121. The Morgan fingerprint density at radius 3 is 2.61 bits per heavy atom. The fourth-order valence-electron chi connectivity index (χ4n) is 1.11. The Hall–Kier alpha value is -2.09. The molecule has 0 aliphatic carbocycles. The Kier molecular flexibility index (Phi) is 4.67. The van der Waals surface area contributed by atoms with Crippen molar-refractivity contribution in [3.63, 3.8) is 0 Å². The Morgan fingerprint density at radius 2 is 2.06 bits per heavy atom. The minimum absolute atomic E-state index is 0.0188. The number of amides is 3. The number of carboxylic acid groups (broad SMARTS) is 1. The van der Waals surface area contributed by atoms with E-state index in [9.17, 15) is 14.4 Å². The number of hydrogen-bond acceptors (Lipinski definition) is 4. The highest BCUT2D eigenvalue weighted by Crippen LogP contribution is 2.23. The van der Waals surface area contributed by atoms with Crippen molar-refractivity contribution in [2.45, 2.75) is 0 Å². The molecule has 0 aliphatic rings. The first kappa shape index (κ1) is 14.0. The van der Waals surface area contributed by atoms with E-state index < -0.39 is 24.5 Å². The topological polar surface area (TPSA) is 119 Å². The van der Waals surface area contributed by atoms with Crippen molar-refractivity contribution in [3.05, 3.63) is 28.2 Å². The van der Waals surface area contributed by atoms with Crippen LogP contribution in [0.5, 0.6) is 5.75 Å². The number of aromatic carboxylic acids is 1. The smallest absolute Gasteiger partial charge is 0.339 e. The van der Waals surface area contributed by atoms with Gasteiger partial charge in [0.25, 0.3) is 5.91 Å². The second-order valence-corrected chi connectivity index (χ2v) is 4.06. The van der Waals surface area contributed by atoms with Crippen molar-refractivity contribution in [3.8, 4) is 5.75 Å². The quantitative estimate of drug-likeness (QED) is 0.756. The lowest BCUT2D eigenvalue weighted by Gasteiger charge is -2.08. The zero-order valence-corrected chi connectivity index (χ0v) is 10.6. The summed E-state index contributed by atoms with van der Waals surface area (Å²) in [6.45, 7) is -0.509. The van der Waals surface area contributed by atoms with Crippen LogP contribution in [0.4, 0.5) is 4.79 Å². The molecule has 18 heavy (non-hydrogen) atoms. The van der Waals surface area contributed by atoms with E-state index in [1.165, 1.54) is 12.1 Å². The lowest BCUT2D eigenvalue weighted by atomic mass is 10.2. The number of urea groups is 1. The first-order valence-electron chi connectivity index (χ1n) is 4.65. The van der Waals surface area contributed by atoms with Gasteiger partial charge in [0.1, 0.15) is 11.3 Å². The average Bonchev–Trinajstić information content (AvgIpc) is 2.26. The van der Waals surface area contributed by atoms with Crippen molar-refractivity contribution >= 4 is 33.8 Å². The van der Waals surface area contributed by atoms with Crippen LogP contribution in [-0.2, 0) is 4.79 Å². The number of halogens is 1. The Morgan fingerprint density at radius 1 is 1.39 bits per heavy atom. The van der Waals surface area contributed by atoms with E-state index in [1.54, 1.807) is 11.4 Å². The summed E-state index contributed by atoms with van der Waals surface area (Å²) in [5.74, 6) is -1.94. The molecule has 0 unspecified atom stereocenters. The maximum Gasteiger partial charge on any atom is 0.339 e. The summed E-state index contributed by atoms with van der Waals surface area (Å²) in [5, 5.41) is 10.7. The van der Waals surface area contributed by atoms with Crippen LogP contribution in [0.3, 0.4) is 0 Å². The van der Waals surface area contributed by atoms with Crippen LogP contribution in [-0.4, -0.2) is 29.6 Å². The van der Waals surface area contributed by atoms with Crippen LogP contribution in [0.25, 0.3) is 0 Å². The van der Waals surface area contributed by atoms with Gasteiger partial charge in [-0.3, -0.25) is 10.1 Å². The summed E-state index contributed by atoms with van der Waals surface area (Å²) in [7, 11) is 0. The third-order valence-corrected chi connectivity index (χ3v) is 2.29. The molecular formula is C10H9BrN2O5. The van der Waals surface area contributed by atoms with Crippen molar-refractivity contribution < 1.29 is 24.2 Å². The number of carboxylic acids is 1. The van der Waals surface area contributed by atoms with Gasteiger partial charge in [-0.2, -0.15) is 0 Å². The normalized spacial score (nSPS) is 9.61. The molecule has 96 valence electrons.